The monoisotopic (exact) mass is 513 g/mol. The van der Waals surface area contributed by atoms with Crippen LogP contribution in [0.25, 0.3) is 5.76 Å². The number of Topliss-reactive ketones (excluding diaryl/α,β-unsaturated/α-hetero) is 1. The number of morpholine rings is 1. The summed E-state index contributed by atoms with van der Waals surface area (Å²) in [6.45, 7) is 9.22. The second-order valence-corrected chi connectivity index (χ2v) is 9.28. The fourth-order valence-corrected chi connectivity index (χ4v) is 5.19. The van der Waals surface area contributed by atoms with Gasteiger partial charge in [-0.2, -0.15) is 0 Å². The summed E-state index contributed by atoms with van der Waals surface area (Å²) in [5.41, 5.74) is 3.55. The van der Waals surface area contributed by atoms with Crippen LogP contribution >= 0.6 is 0 Å². The van der Waals surface area contributed by atoms with Gasteiger partial charge in [-0.05, 0) is 44.0 Å². The first kappa shape index (κ1) is 26.6. The van der Waals surface area contributed by atoms with Crippen LogP contribution in [0, 0.1) is 20.8 Å². The van der Waals surface area contributed by atoms with Gasteiger partial charge in [-0.15, -0.1) is 0 Å². The van der Waals surface area contributed by atoms with Gasteiger partial charge in [-0.3, -0.25) is 14.5 Å². The molecule has 0 aliphatic carbocycles. The quantitative estimate of drug-likeness (QED) is 0.315. The van der Waals surface area contributed by atoms with Crippen molar-refractivity contribution in [3.8, 4) is 17.2 Å². The number of carbonyl (C=O) groups is 2. The molecular weight excluding hydrogens is 478 g/mol. The van der Waals surface area contributed by atoms with E-state index in [9.17, 15) is 14.7 Å². The first-order chi connectivity index (χ1) is 17.7. The van der Waals surface area contributed by atoms with E-state index in [1.807, 2.05) is 20.8 Å². The first-order valence-electron chi connectivity index (χ1n) is 12.3. The van der Waals surface area contributed by atoms with Gasteiger partial charge in [-0.1, -0.05) is 0 Å². The highest BCUT2D eigenvalue weighted by atomic mass is 16.5. The van der Waals surface area contributed by atoms with E-state index in [0.29, 0.717) is 54.7 Å². The molecule has 2 fully saturated rings. The normalized spacial score (nSPS) is 19.9. The van der Waals surface area contributed by atoms with E-state index < -0.39 is 17.7 Å². The predicted octanol–water partition coefficient (Wildman–Crippen LogP) is 2.72. The molecule has 10 heteroatoms. The Morgan fingerprint density at radius 2 is 1.62 bits per heavy atom. The molecule has 3 heterocycles. The number of aliphatic hydroxyl groups excluding tert-OH is 1. The molecule has 0 spiro atoms. The van der Waals surface area contributed by atoms with Crippen LogP contribution in [0.15, 0.2) is 17.7 Å². The minimum Gasteiger partial charge on any atom is -0.507 e. The first-order valence-corrected chi connectivity index (χ1v) is 12.3. The number of carbonyl (C=O) groups excluding carboxylic acids is 2. The number of ether oxygens (including phenoxy) is 4. The Morgan fingerprint density at radius 3 is 2.14 bits per heavy atom. The number of benzene rings is 1. The Hall–Kier alpha value is -3.50. The zero-order valence-corrected chi connectivity index (χ0v) is 22.3. The lowest BCUT2D eigenvalue weighted by atomic mass is 9.93. The smallest absolute Gasteiger partial charge is 0.295 e. The van der Waals surface area contributed by atoms with Gasteiger partial charge in [0.1, 0.15) is 5.76 Å². The van der Waals surface area contributed by atoms with Crippen molar-refractivity contribution in [3.05, 3.63) is 45.8 Å². The highest BCUT2D eigenvalue weighted by Gasteiger charge is 2.47. The summed E-state index contributed by atoms with van der Waals surface area (Å²) in [4.78, 5) is 33.8. The molecule has 2 saturated heterocycles. The summed E-state index contributed by atoms with van der Waals surface area (Å²) >= 11 is 0. The van der Waals surface area contributed by atoms with E-state index in [1.54, 1.807) is 12.1 Å². The number of nitrogens with zero attached hydrogens (tertiary/aromatic N) is 2. The summed E-state index contributed by atoms with van der Waals surface area (Å²) in [5.74, 6) is -0.412. The zero-order valence-electron chi connectivity index (χ0n) is 22.3. The third kappa shape index (κ3) is 4.78. The number of aromatic nitrogens is 1. The molecule has 4 rings (SSSR count). The van der Waals surface area contributed by atoms with Gasteiger partial charge in [0, 0.05) is 43.1 Å². The van der Waals surface area contributed by atoms with Gasteiger partial charge < -0.3 is 33.9 Å². The SMILES string of the molecule is COc1cc(C2/C(=C(\O)c3c(C)[nH]c(C)c3C)C(=O)C(=O)N2CCN2CCOCC2)cc(OC)c1OC. The maximum atomic E-state index is 13.5. The summed E-state index contributed by atoms with van der Waals surface area (Å²) < 4.78 is 22.0. The number of H-pyrrole nitrogens is 1. The molecule has 0 bridgehead atoms. The molecule has 0 radical (unpaired) electrons. The molecule has 0 saturated carbocycles. The Balaban J connectivity index is 1.88. The zero-order chi connectivity index (χ0) is 26.9. The van der Waals surface area contributed by atoms with Crippen molar-refractivity contribution in [2.24, 2.45) is 0 Å². The fourth-order valence-electron chi connectivity index (χ4n) is 5.19. The van der Waals surface area contributed by atoms with Crippen LogP contribution in [0.5, 0.6) is 17.2 Å². The predicted molar refractivity (Wildman–Crippen MR) is 137 cm³/mol. The van der Waals surface area contributed by atoms with Gasteiger partial charge in [0.15, 0.2) is 11.5 Å². The number of amides is 1. The lowest BCUT2D eigenvalue weighted by molar-refractivity contribution is -0.140. The number of hydrogen-bond donors (Lipinski definition) is 2. The second kappa shape index (κ2) is 10.9. The van der Waals surface area contributed by atoms with Crippen LogP contribution in [-0.4, -0.2) is 92.3 Å². The third-order valence-electron chi connectivity index (χ3n) is 7.23. The number of aryl methyl sites for hydroxylation is 2. The number of rotatable bonds is 8. The summed E-state index contributed by atoms with van der Waals surface area (Å²) in [6.07, 6.45) is 0. The van der Waals surface area contributed by atoms with E-state index in [1.165, 1.54) is 26.2 Å². The number of hydrogen-bond acceptors (Lipinski definition) is 8. The molecule has 1 amide bonds. The number of nitrogens with one attached hydrogen (secondary N) is 1. The van der Waals surface area contributed by atoms with Crippen LogP contribution in [0.2, 0.25) is 0 Å². The van der Waals surface area contributed by atoms with E-state index in [2.05, 4.69) is 9.88 Å². The molecule has 1 unspecified atom stereocenters. The van der Waals surface area contributed by atoms with Crippen molar-refractivity contribution in [2.45, 2.75) is 26.8 Å². The molecule has 37 heavy (non-hydrogen) atoms. The molecule has 200 valence electrons. The largest absolute Gasteiger partial charge is 0.507 e. The van der Waals surface area contributed by atoms with E-state index in [0.717, 1.165) is 30.0 Å². The summed E-state index contributed by atoms with van der Waals surface area (Å²) in [5, 5.41) is 11.5. The van der Waals surface area contributed by atoms with Gasteiger partial charge >= 0.3 is 0 Å². The Bertz CT molecular complexity index is 1200. The molecule has 2 aromatic rings. The number of aliphatic hydroxyl groups is 1. The molecule has 1 atom stereocenters. The molecule has 1 aromatic heterocycles. The summed E-state index contributed by atoms with van der Waals surface area (Å²) in [6, 6.07) is 2.59. The van der Waals surface area contributed by atoms with E-state index in [4.69, 9.17) is 18.9 Å². The highest BCUT2D eigenvalue weighted by molar-refractivity contribution is 6.46. The maximum Gasteiger partial charge on any atom is 0.295 e. The van der Waals surface area contributed by atoms with Crippen molar-refractivity contribution in [2.75, 3.05) is 60.7 Å². The number of methoxy groups -OCH3 is 3. The second-order valence-electron chi connectivity index (χ2n) is 9.28. The van der Waals surface area contributed by atoms with Crippen LogP contribution in [0.3, 0.4) is 0 Å². The van der Waals surface area contributed by atoms with Crippen LogP contribution in [0.4, 0.5) is 0 Å². The van der Waals surface area contributed by atoms with Crippen LogP contribution < -0.4 is 14.2 Å². The fraction of sp³-hybridized carbons (Fsp3) is 0.481. The highest BCUT2D eigenvalue weighted by Crippen LogP contribution is 2.46. The Kier molecular flexibility index (Phi) is 7.79. The van der Waals surface area contributed by atoms with Crippen molar-refractivity contribution in [1.29, 1.82) is 0 Å². The van der Waals surface area contributed by atoms with Crippen molar-refractivity contribution in [1.82, 2.24) is 14.8 Å². The van der Waals surface area contributed by atoms with Crippen molar-refractivity contribution >= 4 is 17.4 Å². The maximum absolute atomic E-state index is 13.5. The van der Waals surface area contributed by atoms with Crippen molar-refractivity contribution < 1.29 is 33.6 Å². The molecule has 2 aliphatic heterocycles. The van der Waals surface area contributed by atoms with Crippen molar-refractivity contribution in [3.63, 3.8) is 0 Å². The topological polar surface area (TPSA) is 114 Å². The average Bonchev–Trinajstić information content (AvgIpc) is 3.31. The molecular formula is C27H35N3O7. The molecule has 2 aliphatic rings. The van der Waals surface area contributed by atoms with Crippen LogP contribution in [0.1, 0.15) is 34.1 Å². The molecule has 1 aromatic carbocycles. The van der Waals surface area contributed by atoms with Gasteiger partial charge in [0.05, 0.1) is 46.2 Å². The van der Waals surface area contributed by atoms with Gasteiger partial charge in [-0.25, -0.2) is 0 Å². The number of ketones is 1. The standard InChI is InChI=1S/C27H35N3O7/c1-15-16(2)28-17(3)21(15)24(31)22-23(18-13-19(34-4)26(36-6)20(14-18)35-5)30(27(33)25(22)32)8-7-29-9-11-37-12-10-29/h13-14,23,28,31H,7-12H2,1-6H3/b24-22+. The number of likely N-dealkylation sites (tertiary alicyclic amines) is 1. The minimum absolute atomic E-state index is 0.0338. The Morgan fingerprint density at radius 1 is 1.00 bits per heavy atom. The molecule has 10 nitrogen and oxygen atoms in total. The average molecular weight is 514 g/mol. The third-order valence-corrected chi connectivity index (χ3v) is 7.23. The van der Waals surface area contributed by atoms with Gasteiger partial charge in [0.25, 0.3) is 11.7 Å². The number of aromatic amines is 1. The van der Waals surface area contributed by atoms with Gasteiger partial charge in [0.2, 0.25) is 5.75 Å². The van der Waals surface area contributed by atoms with E-state index >= 15 is 0 Å². The Labute approximate surface area is 216 Å². The lowest BCUT2D eigenvalue weighted by Gasteiger charge is -2.31. The minimum atomic E-state index is -0.844. The van der Waals surface area contributed by atoms with Crippen LogP contribution in [-0.2, 0) is 14.3 Å². The van der Waals surface area contributed by atoms with E-state index in [-0.39, 0.29) is 11.3 Å². The lowest BCUT2D eigenvalue weighted by Crippen LogP contribution is -2.42. The molecule has 2 N–H and O–H groups in total. The summed E-state index contributed by atoms with van der Waals surface area (Å²) in [7, 11) is 4.52.